The lowest BCUT2D eigenvalue weighted by Gasteiger charge is -2.16. The zero-order valence-electron chi connectivity index (χ0n) is 16.0. The van der Waals surface area contributed by atoms with E-state index < -0.39 is 10.8 Å². The number of hydrogen-bond acceptors (Lipinski definition) is 4. The van der Waals surface area contributed by atoms with E-state index in [4.69, 9.17) is 11.6 Å². The summed E-state index contributed by atoms with van der Waals surface area (Å²) >= 11 is 6.03. The molecule has 8 heteroatoms. The molecule has 0 bridgehead atoms. The summed E-state index contributed by atoms with van der Waals surface area (Å²) in [6.45, 7) is 1.87. The first-order valence-electron chi connectivity index (χ1n) is 9.07. The number of rotatable bonds is 6. The maximum absolute atomic E-state index is 12.8. The smallest absolute Gasteiger partial charge is 0.270 e. The SMILES string of the molecule is C[C@H](NC(=O)c1ccccc1NC(=O)c1ccc([N+](=O)[O-])cc1Cl)c1ccccc1. The number of carbonyl (C=O) groups is 2. The van der Waals surface area contributed by atoms with Gasteiger partial charge in [0, 0.05) is 12.1 Å². The van der Waals surface area contributed by atoms with E-state index in [0.717, 1.165) is 11.6 Å². The van der Waals surface area contributed by atoms with Crippen LogP contribution in [0, 0.1) is 10.1 Å². The minimum absolute atomic E-state index is 0.0543. The second-order valence-electron chi connectivity index (χ2n) is 6.53. The molecule has 0 unspecified atom stereocenters. The largest absolute Gasteiger partial charge is 0.345 e. The molecule has 0 spiro atoms. The number of nitrogens with zero attached hydrogens (tertiary/aromatic N) is 1. The van der Waals surface area contributed by atoms with E-state index in [2.05, 4.69) is 10.6 Å². The average Bonchev–Trinajstić information content (AvgIpc) is 2.74. The van der Waals surface area contributed by atoms with Crippen LogP contribution in [0.15, 0.2) is 72.8 Å². The first-order valence-corrected chi connectivity index (χ1v) is 9.44. The minimum atomic E-state index is -0.596. The van der Waals surface area contributed by atoms with Crippen LogP contribution in [0.2, 0.25) is 5.02 Å². The van der Waals surface area contributed by atoms with Crippen LogP contribution < -0.4 is 10.6 Å². The Balaban J connectivity index is 1.79. The number of non-ortho nitro benzene ring substituents is 1. The molecule has 0 fully saturated rings. The molecule has 3 aromatic rings. The highest BCUT2D eigenvalue weighted by molar-refractivity contribution is 6.34. The molecule has 2 amide bonds. The number of amides is 2. The Labute approximate surface area is 177 Å². The molecule has 0 aliphatic heterocycles. The first kappa shape index (κ1) is 21.0. The van der Waals surface area contributed by atoms with Gasteiger partial charge in [0.15, 0.2) is 0 Å². The van der Waals surface area contributed by atoms with Gasteiger partial charge in [-0.25, -0.2) is 0 Å². The van der Waals surface area contributed by atoms with Crippen molar-refractivity contribution in [3.8, 4) is 0 Å². The zero-order valence-corrected chi connectivity index (χ0v) is 16.7. The Bertz CT molecular complexity index is 1100. The normalized spacial score (nSPS) is 11.4. The molecule has 7 nitrogen and oxygen atoms in total. The fourth-order valence-electron chi connectivity index (χ4n) is 2.88. The summed E-state index contributed by atoms with van der Waals surface area (Å²) in [4.78, 5) is 35.7. The van der Waals surface area contributed by atoms with E-state index in [1.807, 2.05) is 37.3 Å². The third kappa shape index (κ3) is 4.82. The summed E-state index contributed by atoms with van der Waals surface area (Å²) < 4.78 is 0. The van der Waals surface area contributed by atoms with Crippen molar-refractivity contribution in [2.45, 2.75) is 13.0 Å². The van der Waals surface area contributed by atoms with Crippen molar-refractivity contribution in [2.75, 3.05) is 5.32 Å². The number of carbonyl (C=O) groups excluding carboxylic acids is 2. The predicted octanol–water partition coefficient (Wildman–Crippen LogP) is 4.99. The quantitative estimate of drug-likeness (QED) is 0.430. The van der Waals surface area contributed by atoms with Gasteiger partial charge >= 0.3 is 0 Å². The number of benzene rings is 3. The molecule has 0 aromatic heterocycles. The van der Waals surface area contributed by atoms with Crippen molar-refractivity contribution in [2.24, 2.45) is 0 Å². The number of nitro groups is 1. The summed E-state index contributed by atoms with van der Waals surface area (Å²) in [6, 6.07) is 19.4. The number of halogens is 1. The van der Waals surface area contributed by atoms with Crippen LogP contribution in [-0.4, -0.2) is 16.7 Å². The van der Waals surface area contributed by atoms with Crippen molar-refractivity contribution >= 4 is 34.8 Å². The Hall–Kier alpha value is -3.71. The molecular formula is C22H18ClN3O4. The van der Waals surface area contributed by atoms with Crippen LogP contribution >= 0.6 is 11.6 Å². The van der Waals surface area contributed by atoms with Crippen molar-refractivity contribution in [3.05, 3.63) is 105 Å². The second kappa shape index (κ2) is 9.19. The highest BCUT2D eigenvalue weighted by Gasteiger charge is 2.19. The Morgan fingerprint density at radius 3 is 2.27 bits per heavy atom. The molecule has 0 saturated heterocycles. The molecule has 0 aliphatic rings. The van der Waals surface area contributed by atoms with E-state index in [-0.39, 0.29) is 33.8 Å². The molecule has 2 N–H and O–H groups in total. The fourth-order valence-corrected chi connectivity index (χ4v) is 3.14. The summed E-state index contributed by atoms with van der Waals surface area (Å²) in [6.07, 6.45) is 0. The standard InChI is InChI=1S/C22H18ClN3O4/c1-14(15-7-3-2-4-8-15)24-22(28)18-9-5-6-10-20(18)25-21(27)17-12-11-16(26(29)30)13-19(17)23/h2-14H,1H3,(H,24,28)(H,25,27)/t14-/m0/s1. The topological polar surface area (TPSA) is 101 Å². The van der Waals surface area contributed by atoms with Crippen LogP contribution in [-0.2, 0) is 0 Å². The van der Waals surface area contributed by atoms with Crippen LogP contribution in [0.5, 0.6) is 0 Å². The van der Waals surface area contributed by atoms with Gasteiger partial charge in [0.05, 0.1) is 32.8 Å². The van der Waals surface area contributed by atoms with Crippen LogP contribution in [0.1, 0.15) is 39.2 Å². The third-order valence-electron chi connectivity index (χ3n) is 4.48. The van der Waals surface area contributed by atoms with E-state index >= 15 is 0 Å². The van der Waals surface area contributed by atoms with Crippen molar-refractivity contribution in [1.82, 2.24) is 5.32 Å². The number of hydrogen-bond donors (Lipinski definition) is 2. The van der Waals surface area contributed by atoms with E-state index in [9.17, 15) is 19.7 Å². The highest BCUT2D eigenvalue weighted by atomic mass is 35.5. The van der Waals surface area contributed by atoms with Gasteiger partial charge < -0.3 is 10.6 Å². The lowest BCUT2D eigenvalue weighted by atomic mass is 10.1. The lowest BCUT2D eigenvalue weighted by Crippen LogP contribution is -2.28. The van der Waals surface area contributed by atoms with E-state index in [1.54, 1.807) is 24.3 Å². The molecule has 3 rings (SSSR count). The highest BCUT2D eigenvalue weighted by Crippen LogP contribution is 2.24. The van der Waals surface area contributed by atoms with E-state index in [1.165, 1.54) is 12.1 Å². The predicted molar refractivity (Wildman–Crippen MR) is 115 cm³/mol. The number of anilines is 1. The van der Waals surface area contributed by atoms with Crippen molar-refractivity contribution in [1.29, 1.82) is 0 Å². The van der Waals surface area contributed by atoms with Gasteiger partial charge in [0.1, 0.15) is 0 Å². The van der Waals surface area contributed by atoms with Crippen LogP contribution in [0.3, 0.4) is 0 Å². The monoisotopic (exact) mass is 423 g/mol. The van der Waals surface area contributed by atoms with Crippen molar-refractivity contribution in [3.63, 3.8) is 0 Å². The maximum Gasteiger partial charge on any atom is 0.270 e. The summed E-state index contributed by atoms with van der Waals surface area (Å²) in [5.74, 6) is -0.927. The number of nitro benzene ring substituents is 1. The molecule has 0 aliphatic carbocycles. The molecule has 3 aromatic carbocycles. The Kier molecular flexibility index (Phi) is 6.44. The van der Waals surface area contributed by atoms with E-state index in [0.29, 0.717) is 5.69 Å². The Morgan fingerprint density at radius 1 is 0.933 bits per heavy atom. The molecule has 152 valence electrons. The first-order chi connectivity index (χ1) is 14.4. The van der Waals surface area contributed by atoms with Gasteiger partial charge in [-0.1, -0.05) is 54.1 Å². The van der Waals surface area contributed by atoms with Gasteiger partial charge in [-0.05, 0) is 30.7 Å². The lowest BCUT2D eigenvalue weighted by molar-refractivity contribution is -0.384. The second-order valence-corrected chi connectivity index (χ2v) is 6.93. The van der Waals surface area contributed by atoms with Gasteiger partial charge in [-0.2, -0.15) is 0 Å². The van der Waals surface area contributed by atoms with Crippen LogP contribution in [0.25, 0.3) is 0 Å². The minimum Gasteiger partial charge on any atom is -0.345 e. The third-order valence-corrected chi connectivity index (χ3v) is 4.79. The number of nitrogens with one attached hydrogen (secondary N) is 2. The molecular weight excluding hydrogens is 406 g/mol. The maximum atomic E-state index is 12.8. The average molecular weight is 424 g/mol. The van der Waals surface area contributed by atoms with Gasteiger partial charge in [-0.3, -0.25) is 19.7 Å². The molecule has 0 heterocycles. The Morgan fingerprint density at radius 2 is 1.60 bits per heavy atom. The van der Waals surface area contributed by atoms with Crippen LogP contribution in [0.4, 0.5) is 11.4 Å². The molecule has 1 atom stereocenters. The number of para-hydroxylation sites is 1. The molecule has 0 saturated carbocycles. The fraction of sp³-hybridized carbons (Fsp3) is 0.0909. The molecule has 30 heavy (non-hydrogen) atoms. The van der Waals surface area contributed by atoms with Gasteiger partial charge in [-0.15, -0.1) is 0 Å². The van der Waals surface area contributed by atoms with Crippen molar-refractivity contribution < 1.29 is 14.5 Å². The summed E-state index contributed by atoms with van der Waals surface area (Å²) in [5.41, 5.74) is 1.38. The zero-order chi connectivity index (χ0) is 21.7. The summed E-state index contributed by atoms with van der Waals surface area (Å²) in [7, 11) is 0. The molecule has 0 radical (unpaired) electrons. The van der Waals surface area contributed by atoms with Gasteiger partial charge in [0.25, 0.3) is 17.5 Å². The summed E-state index contributed by atoms with van der Waals surface area (Å²) in [5, 5.41) is 16.3. The van der Waals surface area contributed by atoms with Gasteiger partial charge in [0.2, 0.25) is 0 Å².